The smallest absolute Gasteiger partial charge is 0.194 e. The summed E-state index contributed by atoms with van der Waals surface area (Å²) in [5.41, 5.74) is 5.76. The minimum atomic E-state index is 0.142. The third-order valence-electron chi connectivity index (χ3n) is 8.57. The van der Waals surface area contributed by atoms with Gasteiger partial charge in [0.2, 0.25) is 0 Å². The van der Waals surface area contributed by atoms with Gasteiger partial charge in [0.25, 0.3) is 0 Å². The lowest BCUT2D eigenvalue weighted by molar-refractivity contribution is 0.104. The molecule has 2 aromatic carbocycles. The Hall–Kier alpha value is -1.79. The molecule has 0 bridgehead atoms. The van der Waals surface area contributed by atoms with Gasteiger partial charge in [-0.05, 0) is 91.8 Å². The number of hydrogen-bond acceptors (Lipinski definition) is 5. The standard InChI is InChI=1S/C21H22OS2.C12H20N2.C2H6/c1-21(2)9-7-14(8-10-21)24-15-4-6-17-16-5-3-13(23)11-18(16)20(22)19(17)12-15;1-11(12-5-3-2-4-6-12)14-9-7-13-8-10-14;1-2/h3-6,11-12,14,23H,7-10H2,1-2H3;3,5-6,11,13H,2,4,7-10H2,1H3;1-2H3. The molecule has 0 amide bonds. The maximum Gasteiger partial charge on any atom is 0.194 e. The summed E-state index contributed by atoms with van der Waals surface area (Å²) in [4.78, 5) is 17.4. The summed E-state index contributed by atoms with van der Waals surface area (Å²) in [5.74, 6) is 0.142. The topological polar surface area (TPSA) is 32.3 Å². The van der Waals surface area contributed by atoms with Crippen molar-refractivity contribution in [3.63, 3.8) is 0 Å². The average molecular weight is 577 g/mol. The SMILES string of the molecule is CC.CC(C1=CCCC=C1)N1CCNCC1.CC1(C)CCC(Sc2ccc3c(c2)C(=O)c2cc(S)ccc2-3)CC1. The molecule has 1 N–H and O–H groups in total. The number of thioether (sulfide) groups is 1. The van der Waals surface area contributed by atoms with E-state index in [1.807, 2.05) is 43.8 Å². The molecular weight excluding hydrogens is 529 g/mol. The molecule has 1 heterocycles. The number of hydrogen-bond donors (Lipinski definition) is 2. The van der Waals surface area contributed by atoms with E-state index in [1.165, 1.54) is 62.1 Å². The van der Waals surface area contributed by atoms with Gasteiger partial charge >= 0.3 is 0 Å². The molecule has 5 heteroatoms. The lowest BCUT2D eigenvalue weighted by Gasteiger charge is -2.34. The molecule has 0 radical (unpaired) electrons. The van der Waals surface area contributed by atoms with Gasteiger partial charge in [-0.25, -0.2) is 0 Å². The Labute approximate surface area is 252 Å². The van der Waals surface area contributed by atoms with Gasteiger partial charge in [-0.3, -0.25) is 9.69 Å². The van der Waals surface area contributed by atoms with Gasteiger partial charge in [0.15, 0.2) is 5.78 Å². The normalized spacial score (nSPS) is 20.8. The van der Waals surface area contributed by atoms with Crippen LogP contribution in [0, 0.1) is 5.41 Å². The quantitative estimate of drug-likeness (QED) is 0.304. The van der Waals surface area contributed by atoms with Crippen LogP contribution in [0.5, 0.6) is 0 Å². The zero-order valence-corrected chi connectivity index (χ0v) is 26.8. The zero-order valence-electron chi connectivity index (χ0n) is 25.1. The largest absolute Gasteiger partial charge is 0.314 e. The first-order chi connectivity index (χ1) is 19.3. The maximum atomic E-state index is 12.7. The molecule has 3 nitrogen and oxygen atoms in total. The Balaban J connectivity index is 0.000000197. The highest BCUT2D eigenvalue weighted by Crippen LogP contribution is 2.44. The van der Waals surface area contributed by atoms with Crippen LogP contribution in [0.25, 0.3) is 11.1 Å². The molecule has 1 atom stereocenters. The molecule has 40 heavy (non-hydrogen) atoms. The molecular formula is C35H48N2OS2. The summed E-state index contributed by atoms with van der Waals surface area (Å²) in [6.07, 6.45) is 14.6. The first kappa shape index (κ1) is 31.2. The predicted molar refractivity (Wildman–Crippen MR) is 176 cm³/mol. The molecule has 6 rings (SSSR count). The van der Waals surface area contributed by atoms with Crippen LogP contribution < -0.4 is 5.32 Å². The Morgan fingerprint density at radius 1 is 0.950 bits per heavy atom. The second kappa shape index (κ2) is 14.4. The van der Waals surface area contributed by atoms with Crippen molar-refractivity contribution in [1.82, 2.24) is 10.2 Å². The van der Waals surface area contributed by atoms with Gasteiger partial charge in [0.1, 0.15) is 0 Å². The van der Waals surface area contributed by atoms with Crippen molar-refractivity contribution in [3.05, 3.63) is 71.3 Å². The van der Waals surface area contributed by atoms with Crippen molar-refractivity contribution in [2.45, 2.75) is 94.2 Å². The number of carbonyl (C=O) groups excluding carboxylic acids is 1. The number of rotatable bonds is 4. The predicted octanol–water partition coefficient (Wildman–Crippen LogP) is 8.83. The molecule has 0 spiro atoms. The van der Waals surface area contributed by atoms with Gasteiger partial charge in [0, 0.05) is 58.4 Å². The molecule has 4 aliphatic rings. The lowest BCUT2D eigenvalue weighted by Crippen LogP contribution is -2.47. The second-order valence-electron chi connectivity index (χ2n) is 11.9. The molecule has 2 fully saturated rings. The molecule has 2 aromatic rings. The maximum absolute atomic E-state index is 12.7. The third kappa shape index (κ3) is 7.73. The number of carbonyl (C=O) groups is 1. The highest BCUT2D eigenvalue weighted by Gasteiger charge is 2.29. The Bertz CT molecular complexity index is 1220. The fourth-order valence-corrected chi connectivity index (χ4v) is 7.42. The van der Waals surface area contributed by atoms with Crippen LogP contribution in [-0.4, -0.2) is 48.2 Å². The highest BCUT2D eigenvalue weighted by molar-refractivity contribution is 8.00. The number of nitrogens with zero attached hydrogens (tertiary/aromatic N) is 1. The van der Waals surface area contributed by atoms with Gasteiger partial charge in [-0.15, -0.1) is 24.4 Å². The van der Waals surface area contributed by atoms with Gasteiger partial charge < -0.3 is 5.32 Å². The Morgan fingerprint density at radius 3 is 2.25 bits per heavy atom. The number of allylic oxidation sites excluding steroid dienone is 2. The molecule has 1 saturated heterocycles. The van der Waals surface area contributed by atoms with E-state index in [2.05, 4.69) is 80.0 Å². The highest BCUT2D eigenvalue weighted by atomic mass is 32.2. The summed E-state index contributed by atoms with van der Waals surface area (Å²) < 4.78 is 0. The molecule has 1 aliphatic heterocycles. The van der Waals surface area contributed by atoms with Gasteiger partial charge in [-0.1, -0.05) is 58.1 Å². The first-order valence-electron chi connectivity index (χ1n) is 15.3. The van der Waals surface area contributed by atoms with Crippen LogP contribution in [-0.2, 0) is 0 Å². The van der Waals surface area contributed by atoms with E-state index < -0.39 is 0 Å². The number of piperazine rings is 1. The summed E-state index contributed by atoms with van der Waals surface area (Å²) in [7, 11) is 0. The number of thiol groups is 1. The van der Waals surface area contributed by atoms with Crippen LogP contribution in [0.4, 0.5) is 0 Å². The average Bonchev–Trinajstić information content (AvgIpc) is 3.26. The van der Waals surface area contributed by atoms with Crippen LogP contribution in [0.2, 0.25) is 0 Å². The van der Waals surface area contributed by atoms with E-state index in [-0.39, 0.29) is 5.78 Å². The zero-order chi connectivity index (χ0) is 28.7. The van der Waals surface area contributed by atoms with Gasteiger partial charge in [-0.2, -0.15) is 0 Å². The summed E-state index contributed by atoms with van der Waals surface area (Å²) in [6.45, 7) is 15.7. The van der Waals surface area contributed by atoms with E-state index in [1.54, 1.807) is 0 Å². The Morgan fingerprint density at radius 2 is 1.60 bits per heavy atom. The molecule has 1 unspecified atom stereocenters. The van der Waals surface area contributed by atoms with Gasteiger partial charge in [0.05, 0.1) is 0 Å². The number of ketones is 1. The third-order valence-corrected chi connectivity index (χ3v) is 10.2. The van der Waals surface area contributed by atoms with E-state index in [0.29, 0.717) is 16.7 Å². The number of nitrogens with one attached hydrogen (secondary N) is 1. The van der Waals surface area contributed by atoms with Crippen molar-refractivity contribution in [2.75, 3.05) is 26.2 Å². The second-order valence-corrected chi connectivity index (χ2v) is 13.8. The van der Waals surface area contributed by atoms with Crippen molar-refractivity contribution in [2.24, 2.45) is 5.41 Å². The molecule has 0 aromatic heterocycles. The van der Waals surface area contributed by atoms with E-state index in [4.69, 9.17) is 0 Å². The van der Waals surface area contributed by atoms with E-state index in [0.717, 1.165) is 40.2 Å². The summed E-state index contributed by atoms with van der Waals surface area (Å²) >= 11 is 6.32. The van der Waals surface area contributed by atoms with Crippen LogP contribution in [0.1, 0.15) is 89.1 Å². The molecule has 1 saturated carbocycles. The Kier molecular flexibility index (Phi) is 11.2. The van der Waals surface area contributed by atoms with Crippen molar-refractivity contribution < 1.29 is 4.79 Å². The fraction of sp³-hybridized carbons (Fsp3) is 0.514. The van der Waals surface area contributed by atoms with Crippen LogP contribution in [0.15, 0.2) is 70.0 Å². The van der Waals surface area contributed by atoms with Crippen LogP contribution >= 0.6 is 24.4 Å². The monoisotopic (exact) mass is 576 g/mol. The van der Waals surface area contributed by atoms with Crippen molar-refractivity contribution in [3.8, 4) is 11.1 Å². The fourth-order valence-electron chi connectivity index (χ4n) is 6.03. The first-order valence-corrected chi connectivity index (χ1v) is 16.6. The molecule has 216 valence electrons. The van der Waals surface area contributed by atoms with Crippen molar-refractivity contribution >= 4 is 30.2 Å². The summed E-state index contributed by atoms with van der Waals surface area (Å²) in [5, 5.41) is 4.07. The van der Waals surface area contributed by atoms with E-state index in [9.17, 15) is 4.79 Å². The summed E-state index contributed by atoms with van der Waals surface area (Å²) in [6, 6.07) is 12.9. The minimum absolute atomic E-state index is 0.142. The lowest BCUT2D eigenvalue weighted by atomic mass is 9.77. The molecule has 3 aliphatic carbocycles. The number of benzene rings is 2. The van der Waals surface area contributed by atoms with E-state index >= 15 is 0 Å². The minimum Gasteiger partial charge on any atom is -0.314 e. The van der Waals surface area contributed by atoms with Crippen molar-refractivity contribution in [1.29, 1.82) is 0 Å². The number of fused-ring (bicyclic) bond motifs is 3. The van der Waals surface area contributed by atoms with Crippen LogP contribution in [0.3, 0.4) is 0 Å².